The van der Waals surface area contributed by atoms with E-state index in [1.165, 1.54) is 18.2 Å². The van der Waals surface area contributed by atoms with Crippen molar-refractivity contribution in [2.75, 3.05) is 4.72 Å². The molecule has 0 radical (unpaired) electrons. The monoisotopic (exact) mass is 330 g/mol. The smallest absolute Gasteiger partial charge is 0.262 e. The van der Waals surface area contributed by atoms with Crippen molar-refractivity contribution in [1.82, 2.24) is 0 Å². The third kappa shape index (κ3) is 3.43. The van der Waals surface area contributed by atoms with Crippen molar-refractivity contribution in [1.29, 1.82) is 0 Å². The molecule has 7 heteroatoms. The summed E-state index contributed by atoms with van der Waals surface area (Å²) in [5.74, 6) is 0. The van der Waals surface area contributed by atoms with Crippen LogP contribution in [0, 0.1) is 0 Å². The van der Waals surface area contributed by atoms with Crippen LogP contribution in [-0.2, 0) is 16.6 Å². The predicted molar refractivity (Wildman–Crippen MR) is 81.6 cm³/mol. The first-order chi connectivity index (χ1) is 9.42. The Balaban J connectivity index is 2.41. The Kier molecular flexibility index (Phi) is 4.55. The molecular weight excluding hydrogens is 319 g/mol. The zero-order chi connectivity index (χ0) is 14.8. The molecule has 2 aromatic rings. The lowest BCUT2D eigenvalue weighted by molar-refractivity contribution is 0.601. The number of halogens is 2. The molecule has 4 nitrogen and oxygen atoms in total. The maximum Gasteiger partial charge on any atom is 0.262 e. The molecule has 2 rings (SSSR count). The van der Waals surface area contributed by atoms with Gasteiger partial charge in [-0.1, -0.05) is 41.4 Å². The third-order valence-electron chi connectivity index (χ3n) is 2.63. The molecule has 0 spiro atoms. The average Bonchev–Trinajstić information content (AvgIpc) is 2.38. The predicted octanol–water partition coefficient (Wildman–Crippen LogP) is 3.25. The topological polar surface area (TPSA) is 72.2 Å². The van der Waals surface area contributed by atoms with Crippen molar-refractivity contribution >= 4 is 38.9 Å². The van der Waals surface area contributed by atoms with Crippen molar-refractivity contribution < 1.29 is 8.42 Å². The summed E-state index contributed by atoms with van der Waals surface area (Å²) in [4.78, 5) is 0.00169. The van der Waals surface area contributed by atoms with Crippen molar-refractivity contribution in [2.45, 2.75) is 11.4 Å². The Labute approximate surface area is 127 Å². The highest BCUT2D eigenvalue weighted by Crippen LogP contribution is 2.25. The van der Waals surface area contributed by atoms with Crippen LogP contribution in [0.4, 0.5) is 5.69 Å². The lowest BCUT2D eigenvalue weighted by Gasteiger charge is -2.12. The number of para-hydroxylation sites is 1. The number of hydrogen-bond acceptors (Lipinski definition) is 3. The lowest BCUT2D eigenvalue weighted by atomic mass is 10.2. The van der Waals surface area contributed by atoms with Gasteiger partial charge in [-0.25, -0.2) is 8.42 Å². The second kappa shape index (κ2) is 6.01. The van der Waals surface area contributed by atoms with E-state index >= 15 is 0 Å². The first kappa shape index (κ1) is 15.1. The molecule has 0 unspecified atom stereocenters. The summed E-state index contributed by atoms with van der Waals surface area (Å²) >= 11 is 11.6. The molecule has 3 N–H and O–H groups in total. The van der Waals surface area contributed by atoms with Gasteiger partial charge in [-0.2, -0.15) is 0 Å². The van der Waals surface area contributed by atoms with E-state index in [0.29, 0.717) is 11.3 Å². The summed E-state index contributed by atoms with van der Waals surface area (Å²) < 4.78 is 27.1. The molecule has 0 amide bonds. The van der Waals surface area contributed by atoms with E-state index in [0.717, 1.165) is 0 Å². The Morgan fingerprint density at radius 3 is 2.25 bits per heavy atom. The van der Waals surface area contributed by atoms with Crippen LogP contribution in [0.15, 0.2) is 47.4 Å². The van der Waals surface area contributed by atoms with Crippen molar-refractivity contribution in [3.05, 3.63) is 58.1 Å². The quantitative estimate of drug-likeness (QED) is 0.903. The molecular formula is C13H12Cl2N2O2S. The number of hydrogen-bond donors (Lipinski definition) is 2. The van der Waals surface area contributed by atoms with Gasteiger partial charge in [0.15, 0.2) is 0 Å². The van der Waals surface area contributed by atoms with Gasteiger partial charge in [0.25, 0.3) is 10.0 Å². The highest BCUT2D eigenvalue weighted by atomic mass is 35.5. The molecule has 0 aliphatic rings. The molecule has 2 aromatic carbocycles. The number of anilines is 1. The maximum atomic E-state index is 12.3. The van der Waals surface area contributed by atoms with Crippen LogP contribution in [0.25, 0.3) is 0 Å². The van der Waals surface area contributed by atoms with Crippen molar-refractivity contribution in [3.8, 4) is 0 Å². The van der Waals surface area contributed by atoms with Crippen LogP contribution in [0.3, 0.4) is 0 Å². The van der Waals surface area contributed by atoms with Crippen LogP contribution in [0.1, 0.15) is 5.56 Å². The Hall–Kier alpha value is -1.27. The second-order valence-corrected chi connectivity index (χ2v) is 6.63. The first-order valence-corrected chi connectivity index (χ1v) is 7.93. The molecule has 0 heterocycles. The minimum Gasteiger partial charge on any atom is -0.326 e. The summed E-state index contributed by atoms with van der Waals surface area (Å²) in [5, 5.41) is 0.509. The summed E-state index contributed by atoms with van der Waals surface area (Å²) in [7, 11) is -3.77. The number of nitrogens with two attached hydrogens (primary N) is 1. The van der Waals surface area contributed by atoms with Crippen molar-refractivity contribution in [2.24, 2.45) is 5.73 Å². The Bertz CT molecular complexity index is 713. The van der Waals surface area contributed by atoms with Gasteiger partial charge in [0, 0.05) is 16.6 Å². The van der Waals surface area contributed by atoms with Gasteiger partial charge in [0.05, 0.1) is 10.6 Å². The lowest BCUT2D eigenvalue weighted by Crippen LogP contribution is -2.15. The molecule has 0 aliphatic heterocycles. The molecule has 0 aromatic heterocycles. The Morgan fingerprint density at radius 2 is 1.65 bits per heavy atom. The summed E-state index contributed by atoms with van der Waals surface area (Å²) in [5.41, 5.74) is 6.71. The van der Waals surface area contributed by atoms with Gasteiger partial charge >= 0.3 is 0 Å². The number of nitrogens with one attached hydrogen (secondary N) is 1. The van der Waals surface area contributed by atoms with E-state index in [2.05, 4.69) is 4.72 Å². The normalized spacial score (nSPS) is 11.3. The van der Waals surface area contributed by atoms with Gasteiger partial charge in [-0.15, -0.1) is 0 Å². The maximum absolute atomic E-state index is 12.3. The minimum absolute atomic E-state index is 0.00169. The van der Waals surface area contributed by atoms with E-state index in [4.69, 9.17) is 28.9 Å². The second-order valence-electron chi connectivity index (χ2n) is 4.07. The highest BCUT2D eigenvalue weighted by molar-refractivity contribution is 7.92. The standard InChI is InChI=1S/C13H12Cl2N2O2S/c14-10-5-11(15)7-12(6-10)20(18,19)17-13-4-2-1-3-9(13)8-16/h1-7,17H,8,16H2. The summed E-state index contributed by atoms with van der Waals surface area (Å²) in [6.45, 7) is 0.231. The first-order valence-electron chi connectivity index (χ1n) is 5.69. The number of sulfonamides is 1. The molecule has 0 atom stereocenters. The molecule has 20 heavy (non-hydrogen) atoms. The molecule has 0 saturated carbocycles. The van der Waals surface area contributed by atoms with E-state index < -0.39 is 10.0 Å². The van der Waals surface area contributed by atoms with Crippen molar-refractivity contribution in [3.63, 3.8) is 0 Å². The van der Waals surface area contributed by atoms with Gasteiger partial charge < -0.3 is 5.73 Å². The number of rotatable bonds is 4. The Morgan fingerprint density at radius 1 is 1.05 bits per heavy atom. The SMILES string of the molecule is NCc1ccccc1NS(=O)(=O)c1cc(Cl)cc(Cl)c1. The van der Waals surface area contributed by atoms with Gasteiger partial charge in [-0.3, -0.25) is 4.72 Å². The van der Waals surface area contributed by atoms with Crippen LogP contribution in [0.2, 0.25) is 10.0 Å². The zero-order valence-electron chi connectivity index (χ0n) is 10.3. The fraction of sp³-hybridized carbons (Fsp3) is 0.0769. The van der Waals surface area contributed by atoms with E-state index in [1.807, 2.05) is 0 Å². The average molecular weight is 331 g/mol. The summed E-state index contributed by atoms with van der Waals surface area (Å²) in [6.07, 6.45) is 0. The van der Waals surface area contributed by atoms with Gasteiger partial charge in [0.2, 0.25) is 0 Å². The van der Waals surface area contributed by atoms with Gasteiger partial charge in [-0.05, 0) is 29.8 Å². The summed E-state index contributed by atoms with van der Waals surface area (Å²) in [6, 6.07) is 11.0. The zero-order valence-corrected chi connectivity index (χ0v) is 12.6. The fourth-order valence-electron chi connectivity index (χ4n) is 1.69. The molecule has 0 fully saturated rings. The third-order valence-corrected chi connectivity index (χ3v) is 4.41. The largest absolute Gasteiger partial charge is 0.326 e. The van der Waals surface area contributed by atoms with Gasteiger partial charge in [0.1, 0.15) is 0 Å². The van der Waals surface area contributed by atoms with E-state index in [9.17, 15) is 8.42 Å². The molecule has 0 aliphatic carbocycles. The number of benzene rings is 2. The fourth-order valence-corrected chi connectivity index (χ4v) is 3.51. The highest BCUT2D eigenvalue weighted by Gasteiger charge is 2.17. The molecule has 0 bridgehead atoms. The van der Waals surface area contributed by atoms with Crippen LogP contribution >= 0.6 is 23.2 Å². The van der Waals surface area contributed by atoms with Crippen LogP contribution < -0.4 is 10.5 Å². The van der Waals surface area contributed by atoms with Crippen LogP contribution in [-0.4, -0.2) is 8.42 Å². The minimum atomic E-state index is -3.77. The van der Waals surface area contributed by atoms with E-state index in [1.54, 1.807) is 24.3 Å². The van der Waals surface area contributed by atoms with E-state index in [-0.39, 0.29) is 21.5 Å². The molecule has 106 valence electrons. The molecule has 0 saturated heterocycles. The van der Waals surface area contributed by atoms with Crippen LogP contribution in [0.5, 0.6) is 0 Å².